The van der Waals surface area contributed by atoms with Crippen LogP contribution in [0.3, 0.4) is 0 Å². The van der Waals surface area contributed by atoms with Crippen LogP contribution in [-0.2, 0) is 0 Å². The molecule has 3 N–H and O–H groups in total. The van der Waals surface area contributed by atoms with E-state index in [1.54, 1.807) is 25.3 Å². The van der Waals surface area contributed by atoms with E-state index in [0.29, 0.717) is 35.5 Å². The molecule has 1 aliphatic heterocycles. The molecule has 2 rings (SSSR count). The van der Waals surface area contributed by atoms with Gasteiger partial charge in [0.2, 0.25) is 0 Å². The lowest BCUT2D eigenvalue weighted by Crippen LogP contribution is -2.33. The van der Waals surface area contributed by atoms with Crippen molar-refractivity contribution in [3.8, 4) is 5.75 Å². The van der Waals surface area contributed by atoms with Gasteiger partial charge in [-0.2, -0.15) is 0 Å². The summed E-state index contributed by atoms with van der Waals surface area (Å²) in [4.78, 5) is 14.7. The largest absolute Gasteiger partial charge is 0.496 e. The maximum Gasteiger partial charge on any atom is 0.255 e. The number of amides is 1. The Hall–Kier alpha value is -1.75. The molecule has 0 radical (unpaired) electrons. The first kappa shape index (κ1) is 15.6. The molecule has 1 heterocycles. The Morgan fingerprint density at radius 1 is 1.52 bits per heavy atom. The van der Waals surface area contributed by atoms with Crippen molar-refractivity contribution in [1.82, 2.24) is 10.2 Å². The number of hydrogen-bond acceptors (Lipinski definition) is 4. The summed E-state index contributed by atoms with van der Waals surface area (Å²) in [6.07, 6.45) is 1.14. The smallest absolute Gasteiger partial charge is 0.255 e. The van der Waals surface area contributed by atoms with Gasteiger partial charge >= 0.3 is 0 Å². The van der Waals surface area contributed by atoms with Gasteiger partial charge in [0, 0.05) is 30.9 Å². The summed E-state index contributed by atoms with van der Waals surface area (Å²) in [6.45, 7) is 7.29. The van der Waals surface area contributed by atoms with Gasteiger partial charge in [0.15, 0.2) is 0 Å². The highest BCUT2D eigenvalue weighted by atomic mass is 16.5. The lowest BCUT2D eigenvalue weighted by Gasteiger charge is -2.20. The Morgan fingerprint density at radius 3 is 2.90 bits per heavy atom. The van der Waals surface area contributed by atoms with Crippen LogP contribution in [0, 0.1) is 5.92 Å². The molecule has 0 aliphatic carbocycles. The number of nitrogens with one attached hydrogen (secondary N) is 1. The second kappa shape index (κ2) is 6.80. The number of carbonyl (C=O) groups is 1. The summed E-state index contributed by atoms with van der Waals surface area (Å²) in [5, 5.41) is 3.01. The van der Waals surface area contributed by atoms with Gasteiger partial charge in [0.05, 0.1) is 12.7 Å². The highest BCUT2D eigenvalue weighted by Gasteiger charge is 2.24. The van der Waals surface area contributed by atoms with E-state index in [2.05, 4.69) is 24.1 Å². The van der Waals surface area contributed by atoms with E-state index in [-0.39, 0.29) is 5.91 Å². The minimum atomic E-state index is -0.102. The number of nitrogen functional groups attached to an aromatic ring is 1. The molecular weight excluding hydrogens is 266 g/mol. The van der Waals surface area contributed by atoms with Crippen molar-refractivity contribution in [2.24, 2.45) is 5.92 Å². The molecule has 21 heavy (non-hydrogen) atoms. The average molecular weight is 291 g/mol. The molecule has 1 aromatic carbocycles. The Bertz CT molecular complexity index is 502. The first-order chi connectivity index (χ1) is 10.0. The van der Waals surface area contributed by atoms with Crippen LogP contribution in [0.15, 0.2) is 18.2 Å². The highest BCUT2D eigenvalue weighted by Crippen LogP contribution is 2.22. The van der Waals surface area contributed by atoms with Crippen molar-refractivity contribution >= 4 is 11.6 Å². The van der Waals surface area contributed by atoms with E-state index in [1.165, 1.54) is 0 Å². The minimum Gasteiger partial charge on any atom is -0.496 e. The fraction of sp³-hybridized carbons (Fsp3) is 0.562. The Labute approximate surface area is 126 Å². The van der Waals surface area contributed by atoms with Crippen molar-refractivity contribution in [1.29, 1.82) is 0 Å². The van der Waals surface area contributed by atoms with Crippen LogP contribution in [0.4, 0.5) is 5.69 Å². The zero-order valence-electron chi connectivity index (χ0n) is 13.1. The maximum atomic E-state index is 12.3. The SMILES string of the molecule is COc1cc(N)ccc1C(=O)NCC1CCN(C(C)C)C1. The van der Waals surface area contributed by atoms with Gasteiger partial charge in [0.25, 0.3) is 5.91 Å². The molecule has 1 atom stereocenters. The van der Waals surface area contributed by atoms with Crippen LogP contribution in [0.2, 0.25) is 0 Å². The number of ether oxygens (including phenoxy) is 1. The highest BCUT2D eigenvalue weighted by molar-refractivity contribution is 5.97. The van der Waals surface area contributed by atoms with Gasteiger partial charge in [-0.15, -0.1) is 0 Å². The molecule has 1 unspecified atom stereocenters. The van der Waals surface area contributed by atoms with Crippen molar-refractivity contribution in [2.45, 2.75) is 26.3 Å². The molecule has 1 aliphatic rings. The van der Waals surface area contributed by atoms with Crippen LogP contribution < -0.4 is 15.8 Å². The van der Waals surface area contributed by atoms with Crippen LogP contribution in [-0.4, -0.2) is 43.6 Å². The summed E-state index contributed by atoms with van der Waals surface area (Å²) in [6, 6.07) is 5.67. The third-order valence-electron chi connectivity index (χ3n) is 4.07. The second-order valence-electron chi connectivity index (χ2n) is 5.91. The van der Waals surface area contributed by atoms with Crippen LogP contribution >= 0.6 is 0 Å². The Balaban J connectivity index is 1.91. The molecule has 0 aromatic heterocycles. The molecule has 1 aromatic rings. The molecule has 116 valence electrons. The van der Waals surface area contributed by atoms with Crippen LogP contribution in [0.5, 0.6) is 5.75 Å². The molecule has 5 nitrogen and oxygen atoms in total. The third kappa shape index (κ3) is 3.88. The van der Waals surface area contributed by atoms with Gasteiger partial charge in [0.1, 0.15) is 5.75 Å². The molecule has 1 amide bonds. The Kier molecular flexibility index (Phi) is 5.07. The van der Waals surface area contributed by atoms with Gasteiger partial charge in [-0.25, -0.2) is 0 Å². The molecule has 5 heteroatoms. The van der Waals surface area contributed by atoms with Gasteiger partial charge < -0.3 is 20.7 Å². The van der Waals surface area contributed by atoms with Crippen LogP contribution in [0.1, 0.15) is 30.6 Å². The average Bonchev–Trinajstić information content (AvgIpc) is 2.93. The molecule has 1 saturated heterocycles. The van der Waals surface area contributed by atoms with Crippen molar-refractivity contribution in [3.05, 3.63) is 23.8 Å². The molecule has 0 bridgehead atoms. The second-order valence-corrected chi connectivity index (χ2v) is 5.91. The summed E-state index contributed by atoms with van der Waals surface area (Å²) in [5.41, 5.74) is 6.83. The number of nitrogens with zero attached hydrogens (tertiary/aromatic N) is 1. The van der Waals surface area contributed by atoms with Crippen molar-refractivity contribution in [3.63, 3.8) is 0 Å². The number of methoxy groups -OCH3 is 1. The monoisotopic (exact) mass is 291 g/mol. The molecule has 0 spiro atoms. The predicted molar refractivity (Wildman–Crippen MR) is 84.6 cm³/mol. The van der Waals surface area contributed by atoms with Gasteiger partial charge in [-0.05, 0) is 44.9 Å². The lowest BCUT2D eigenvalue weighted by atomic mass is 10.1. The zero-order chi connectivity index (χ0) is 15.4. The van der Waals surface area contributed by atoms with Crippen LogP contribution in [0.25, 0.3) is 0 Å². The number of carbonyl (C=O) groups excluding carboxylic acids is 1. The number of likely N-dealkylation sites (tertiary alicyclic amines) is 1. The summed E-state index contributed by atoms with van der Waals surface area (Å²) >= 11 is 0. The predicted octanol–water partition coefficient (Wildman–Crippen LogP) is 1.74. The quantitative estimate of drug-likeness (QED) is 0.811. The molecule has 1 fully saturated rings. The van der Waals surface area contributed by atoms with E-state index in [0.717, 1.165) is 19.5 Å². The van der Waals surface area contributed by atoms with E-state index in [9.17, 15) is 4.79 Å². The standard InChI is InChI=1S/C16H25N3O2/c1-11(2)19-7-6-12(10-19)9-18-16(20)14-5-4-13(17)8-15(14)21-3/h4-5,8,11-12H,6-7,9-10,17H2,1-3H3,(H,18,20). The van der Waals surface area contributed by atoms with Gasteiger partial charge in [-0.3, -0.25) is 4.79 Å². The van der Waals surface area contributed by atoms with E-state index in [1.807, 2.05) is 0 Å². The first-order valence-electron chi connectivity index (χ1n) is 7.47. The first-order valence-corrected chi connectivity index (χ1v) is 7.47. The normalized spacial score (nSPS) is 19.0. The molecular formula is C16H25N3O2. The number of benzene rings is 1. The zero-order valence-corrected chi connectivity index (χ0v) is 13.1. The van der Waals surface area contributed by atoms with E-state index < -0.39 is 0 Å². The van der Waals surface area contributed by atoms with E-state index >= 15 is 0 Å². The summed E-state index contributed by atoms with van der Waals surface area (Å²) in [7, 11) is 1.54. The summed E-state index contributed by atoms with van der Waals surface area (Å²) < 4.78 is 5.22. The number of hydrogen-bond donors (Lipinski definition) is 2. The topological polar surface area (TPSA) is 67.6 Å². The van der Waals surface area contributed by atoms with Crippen molar-refractivity contribution < 1.29 is 9.53 Å². The minimum absolute atomic E-state index is 0.102. The maximum absolute atomic E-state index is 12.3. The lowest BCUT2D eigenvalue weighted by molar-refractivity contribution is 0.0944. The fourth-order valence-electron chi connectivity index (χ4n) is 2.73. The molecule has 0 saturated carbocycles. The van der Waals surface area contributed by atoms with E-state index in [4.69, 9.17) is 10.5 Å². The Morgan fingerprint density at radius 2 is 2.29 bits per heavy atom. The number of anilines is 1. The van der Waals surface area contributed by atoms with Crippen molar-refractivity contribution in [2.75, 3.05) is 32.5 Å². The number of nitrogens with two attached hydrogens (primary N) is 1. The van der Waals surface area contributed by atoms with Gasteiger partial charge in [-0.1, -0.05) is 0 Å². The third-order valence-corrected chi connectivity index (χ3v) is 4.07. The summed E-state index contributed by atoms with van der Waals surface area (Å²) in [5.74, 6) is 0.939. The number of rotatable bonds is 5. The fourth-order valence-corrected chi connectivity index (χ4v) is 2.73.